The summed E-state index contributed by atoms with van der Waals surface area (Å²) >= 11 is 0. The molecule has 158 valence electrons. The molecule has 0 bridgehead atoms. The van der Waals surface area contributed by atoms with Gasteiger partial charge in [0.1, 0.15) is 5.75 Å². The second-order valence-corrected chi connectivity index (χ2v) is 7.65. The third-order valence-electron chi connectivity index (χ3n) is 5.61. The van der Waals surface area contributed by atoms with Gasteiger partial charge >= 0.3 is 5.97 Å². The van der Waals surface area contributed by atoms with E-state index in [-0.39, 0.29) is 24.6 Å². The van der Waals surface area contributed by atoms with Crippen LogP contribution < -0.4 is 14.5 Å². The highest BCUT2D eigenvalue weighted by molar-refractivity contribution is 6.34. The van der Waals surface area contributed by atoms with Gasteiger partial charge in [0, 0.05) is 24.7 Å². The average molecular weight is 426 g/mol. The Bertz CT molecular complexity index is 1220. The Hall–Kier alpha value is -4.26. The molecule has 1 atom stereocenters. The van der Waals surface area contributed by atoms with Crippen LogP contribution in [0, 0.1) is 5.92 Å². The molecule has 0 aromatic heterocycles. The molecule has 0 N–H and O–H groups in total. The maximum absolute atomic E-state index is 12.7. The van der Waals surface area contributed by atoms with Crippen LogP contribution in [0.25, 0.3) is 0 Å². The van der Waals surface area contributed by atoms with Crippen molar-refractivity contribution in [1.82, 2.24) is 0 Å². The molecule has 2 aliphatic rings. The Kier molecular flexibility index (Phi) is 4.78. The second kappa shape index (κ2) is 7.77. The van der Waals surface area contributed by atoms with Gasteiger partial charge < -0.3 is 9.64 Å². The fourth-order valence-corrected chi connectivity index (χ4v) is 4.03. The highest BCUT2D eigenvalue weighted by Crippen LogP contribution is 2.31. The number of imide groups is 1. The normalized spacial score (nSPS) is 17.6. The molecule has 3 amide bonds. The van der Waals surface area contributed by atoms with E-state index in [9.17, 15) is 19.2 Å². The number of rotatable bonds is 4. The Labute approximate surface area is 183 Å². The van der Waals surface area contributed by atoms with Crippen molar-refractivity contribution in [2.24, 2.45) is 5.92 Å². The van der Waals surface area contributed by atoms with Crippen LogP contribution in [0.15, 0.2) is 78.9 Å². The van der Waals surface area contributed by atoms with E-state index in [1.807, 2.05) is 30.3 Å². The van der Waals surface area contributed by atoms with Crippen molar-refractivity contribution < 1.29 is 23.9 Å². The number of carbonyl (C=O) groups is 4. The molecular weight excluding hydrogens is 408 g/mol. The average Bonchev–Trinajstić information content (AvgIpc) is 3.32. The summed E-state index contributed by atoms with van der Waals surface area (Å²) in [5.41, 5.74) is 1.73. The quantitative estimate of drug-likeness (QED) is 0.363. The first-order valence-corrected chi connectivity index (χ1v) is 10.2. The molecule has 32 heavy (non-hydrogen) atoms. The molecule has 3 aromatic rings. The van der Waals surface area contributed by atoms with Crippen molar-refractivity contribution in [2.45, 2.75) is 6.42 Å². The number of esters is 1. The van der Waals surface area contributed by atoms with Crippen molar-refractivity contribution in [2.75, 3.05) is 16.3 Å². The molecule has 0 radical (unpaired) electrons. The van der Waals surface area contributed by atoms with Crippen LogP contribution >= 0.6 is 0 Å². The number of para-hydroxylation sites is 1. The molecule has 7 heteroatoms. The van der Waals surface area contributed by atoms with E-state index in [1.54, 1.807) is 47.4 Å². The van der Waals surface area contributed by atoms with Gasteiger partial charge in [0.15, 0.2) is 0 Å². The van der Waals surface area contributed by atoms with Crippen molar-refractivity contribution >= 4 is 35.1 Å². The van der Waals surface area contributed by atoms with Crippen molar-refractivity contribution in [3.63, 3.8) is 0 Å². The second-order valence-electron chi connectivity index (χ2n) is 7.65. The van der Waals surface area contributed by atoms with E-state index >= 15 is 0 Å². The van der Waals surface area contributed by atoms with E-state index in [0.29, 0.717) is 16.8 Å². The van der Waals surface area contributed by atoms with E-state index in [1.165, 1.54) is 6.07 Å². The highest BCUT2D eigenvalue weighted by Gasteiger charge is 2.38. The number of carbonyl (C=O) groups excluding carboxylic acids is 4. The van der Waals surface area contributed by atoms with Gasteiger partial charge in [-0.3, -0.25) is 19.2 Å². The van der Waals surface area contributed by atoms with E-state index < -0.39 is 23.7 Å². The molecule has 0 spiro atoms. The zero-order chi connectivity index (χ0) is 22.2. The lowest BCUT2D eigenvalue weighted by Gasteiger charge is -2.17. The fourth-order valence-electron chi connectivity index (χ4n) is 4.03. The van der Waals surface area contributed by atoms with Gasteiger partial charge in [-0.05, 0) is 36.4 Å². The number of hydrogen-bond acceptors (Lipinski definition) is 5. The minimum atomic E-state index is -0.606. The number of hydrogen-bond donors (Lipinski definition) is 0. The van der Waals surface area contributed by atoms with Crippen molar-refractivity contribution in [1.29, 1.82) is 0 Å². The van der Waals surface area contributed by atoms with Crippen LogP contribution in [0.1, 0.15) is 27.1 Å². The first-order chi connectivity index (χ1) is 15.5. The van der Waals surface area contributed by atoms with Crippen LogP contribution in [-0.4, -0.2) is 30.2 Å². The van der Waals surface area contributed by atoms with Gasteiger partial charge in [0.25, 0.3) is 11.8 Å². The monoisotopic (exact) mass is 426 g/mol. The molecule has 2 aliphatic heterocycles. The number of nitrogens with zero attached hydrogens (tertiary/aromatic N) is 2. The summed E-state index contributed by atoms with van der Waals surface area (Å²) in [6.45, 7) is 0.236. The first kappa shape index (κ1) is 19.7. The molecular formula is C25H18N2O5. The Morgan fingerprint density at radius 2 is 1.41 bits per heavy atom. The van der Waals surface area contributed by atoms with Gasteiger partial charge in [-0.15, -0.1) is 0 Å². The van der Waals surface area contributed by atoms with Gasteiger partial charge in [0.2, 0.25) is 5.91 Å². The summed E-state index contributed by atoms with van der Waals surface area (Å²) in [7, 11) is 0. The maximum Gasteiger partial charge on any atom is 0.316 e. The smallest absolute Gasteiger partial charge is 0.316 e. The first-order valence-electron chi connectivity index (χ1n) is 10.2. The molecule has 1 fully saturated rings. The summed E-state index contributed by atoms with van der Waals surface area (Å²) in [4.78, 5) is 53.2. The number of benzene rings is 3. The van der Waals surface area contributed by atoms with Crippen LogP contribution in [-0.2, 0) is 9.59 Å². The van der Waals surface area contributed by atoms with Crippen LogP contribution in [0.5, 0.6) is 5.75 Å². The molecule has 0 saturated carbocycles. The van der Waals surface area contributed by atoms with Gasteiger partial charge in [-0.25, -0.2) is 4.90 Å². The molecule has 0 aliphatic carbocycles. The van der Waals surface area contributed by atoms with Gasteiger partial charge in [-0.2, -0.15) is 0 Å². The Morgan fingerprint density at radius 3 is 2.09 bits per heavy atom. The molecule has 0 unspecified atom stereocenters. The number of anilines is 2. The number of amides is 3. The Balaban J connectivity index is 1.32. The van der Waals surface area contributed by atoms with Crippen molar-refractivity contribution in [3.05, 3.63) is 90.0 Å². The summed E-state index contributed by atoms with van der Waals surface area (Å²) in [6, 6.07) is 22.0. The van der Waals surface area contributed by atoms with Gasteiger partial charge in [0.05, 0.1) is 22.7 Å². The standard InChI is InChI=1S/C25H18N2O5/c28-22-13-16(15-26(22)17-7-2-1-3-8-17)25(31)32-19-10-6-9-18(14-19)27-23(29)20-11-4-5-12-21(20)24(27)30/h1-12,14,16H,13,15H2/t16-/m0/s1. The summed E-state index contributed by atoms with van der Waals surface area (Å²) < 4.78 is 5.51. The molecule has 3 aromatic carbocycles. The van der Waals surface area contributed by atoms with Crippen LogP contribution in [0.2, 0.25) is 0 Å². The van der Waals surface area contributed by atoms with E-state index in [0.717, 1.165) is 10.6 Å². The lowest BCUT2D eigenvalue weighted by Crippen LogP contribution is -2.29. The number of fused-ring (bicyclic) bond motifs is 1. The molecule has 7 nitrogen and oxygen atoms in total. The molecule has 2 heterocycles. The zero-order valence-corrected chi connectivity index (χ0v) is 16.9. The minimum absolute atomic E-state index is 0.0613. The predicted octanol–water partition coefficient (Wildman–Crippen LogP) is 3.45. The Morgan fingerprint density at radius 1 is 0.781 bits per heavy atom. The fraction of sp³-hybridized carbons (Fsp3) is 0.120. The molecule has 5 rings (SSSR count). The topological polar surface area (TPSA) is 84.0 Å². The zero-order valence-electron chi connectivity index (χ0n) is 16.9. The SMILES string of the molecule is O=C(Oc1cccc(N2C(=O)c3ccccc3C2=O)c1)[C@H]1CC(=O)N(c2ccccc2)C1. The van der Waals surface area contributed by atoms with Crippen molar-refractivity contribution in [3.8, 4) is 5.75 Å². The minimum Gasteiger partial charge on any atom is -0.426 e. The van der Waals surface area contributed by atoms with Gasteiger partial charge in [-0.1, -0.05) is 36.4 Å². The number of ether oxygens (including phenoxy) is 1. The van der Waals surface area contributed by atoms with E-state index in [4.69, 9.17) is 4.74 Å². The summed E-state index contributed by atoms with van der Waals surface area (Å²) in [5, 5.41) is 0. The summed E-state index contributed by atoms with van der Waals surface area (Å²) in [6.07, 6.45) is 0.0613. The molecule has 1 saturated heterocycles. The largest absolute Gasteiger partial charge is 0.426 e. The lowest BCUT2D eigenvalue weighted by molar-refractivity contribution is -0.139. The third-order valence-corrected chi connectivity index (χ3v) is 5.61. The van der Waals surface area contributed by atoms with Crippen LogP contribution in [0.3, 0.4) is 0 Å². The maximum atomic E-state index is 12.7. The van der Waals surface area contributed by atoms with E-state index in [2.05, 4.69) is 0 Å². The highest BCUT2D eigenvalue weighted by atomic mass is 16.5. The summed E-state index contributed by atoms with van der Waals surface area (Å²) in [5.74, 6) is -1.92. The van der Waals surface area contributed by atoms with Crippen LogP contribution in [0.4, 0.5) is 11.4 Å². The predicted molar refractivity (Wildman–Crippen MR) is 117 cm³/mol. The third kappa shape index (κ3) is 3.33. The lowest BCUT2D eigenvalue weighted by atomic mass is 10.1.